The van der Waals surface area contributed by atoms with Crippen LogP contribution in [0, 0.1) is 6.92 Å². The van der Waals surface area contributed by atoms with Gasteiger partial charge < -0.3 is 13.6 Å². The number of carbonyl (C=O) groups excluding carboxylic acids is 2. The van der Waals surface area contributed by atoms with Gasteiger partial charge in [-0.2, -0.15) is 0 Å². The molecule has 0 saturated carbocycles. The summed E-state index contributed by atoms with van der Waals surface area (Å²) in [4.78, 5) is 30.4. The Hall–Kier alpha value is -2.44. The molecule has 0 radical (unpaired) electrons. The van der Waals surface area contributed by atoms with E-state index >= 15 is 0 Å². The van der Waals surface area contributed by atoms with Crippen LogP contribution in [0.5, 0.6) is 0 Å². The second-order valence-electron chi connectivity index (χ2n) is 10.0. The molecule has 4 rings (SSSR count). The summed E-state index contributed by atoms with van der Waals surface area (Å²) in [6.07, 6.45) is 2.02. The summed E-state index contributed by atoms with van der Waals surface area (Å²) >= 11 is 4.54. The first kappa shape index (κ1) is 37.4. The van der Waals surface area contributed by atoms with Gasteiger partial charge in [-0.1, -0.05) is 35.2 Å². The first-order chi connectivity index (χ1) is 22.2. The third-order valence-corrected chi connectivity index (χ3v) is 14.9. The fraction of sp³-hybridized carbons (Fsp3) is 0.188. The summed E-state index contributed by atoms with van der Waals surface area (Å²) in [5, 5.41) is 0. The molecule has 0 amide bonds. The summed E-state index contributed by atoms with van der Waals surface area (Å²) in [5.41, 5.74) is -2.45. The maximum Gasteiger partial charge on any atom is 0.401 e. The lowest BCUT2D eigenvalue weighted by Crippen LogP contribution is -2.15. The molecule has 0 heterocycles. The number of rotatable bonds is 14. The highest BCUT2D eigenvalue weighted by atomic mass is 32.2. The van der Waals surface area contributed by atoms with E-state index in [2.05, 4.69) is 24.3 Å². The molecule has 0 spiro atoms. The molecule has 0 aliphatic rings. The van der Waals surface area contributed by atoms with Crippen molar-refractivity contribution in [2.24, 2.45) is 0 Å². The zero-order chi connectivity index (χ0) is 34.6. The highest BCUT2D eigenvalue weighted by molar-refractivity contribution is 8.00. The van der Waals surface area contributed by atoms with Crippen LogP contribution in [0.2, 0.25) is 0 Å². The Labute approximate surface area is 287 Å². The number of hydrogen-bond donors (Lipinski definition) is 0. The van der Waals surface area contributed by atoms with Crippen molar-refractivity contribution >= 4 is 71.1 Å². The second kappa shape index (κ2) is 15.4. The van der Waals surface area contributed by atoms with E-state index in [1.165, 1.54) is 53.1 Å². The van der Waals surface area contributed by atoms with E-state index < -0.39 is 51.2 Å². The lowest BCUT2D eigenvalue weighted by molar-refractivity contribution is 0.102. The molecule has 0 saturated heterocycles. The number of hydrogen-bond acceptors (Lipinski definition) is 12. The highest BCUT2D eigenvalue weighted by Gasteiger charge is 2.39. The van der Waals surface area contributed by atoms with Gasteiger partial charge in [-0.15, -0.1) is 11.8 Å². The van der Waals surface area contributed by atoms with Gasteiger partial charge in [0.15, 0.2) is 0 Å². The van der Waals surface area contributed by atoms with Crippen molar-refractivity contribution in [2.75, 3.05) is 34.2 Å². The van der Waals surface area contributed by atoms with Gasteiger partial charge in [0.25, 0.3) is 12.9 Å². The first-order valence-electron chi connectivity index (χ1n) is 13.7. The van der Waals surface area contributed by atoms with Gasteiger partial charge >= 0.3 is 7.60 Å². The van der Waals surface area contributed by atoms with Gasteiger partial charge in [-0.3, -0.25) is 18.7 Å². The summed E-state index contributed by atoms with van der Waals surface area (Å²) in [7, 11) is -9.85. The quantitative estimate of drug-likeness (QED) is 0.0900. The predicted molar refractivity (Wildman–Crippen MR) is 187 cm³/mol. The molecule has 0 aromatic heterocycles. The van der Waals surface area contributed by atoms with E-state index in [4.69, 9.17) is 13.6 Å². The Balaban J connectivity index is 1.76. The largest absolute Gasteiger partial charge is 0.401 e. The van der Waals surface area contributed by atoms with Crippen LogP contribution in [-0.2, 0) is 32.5 Å². The molecule has 9 nitrogen and oxygen atoms in total. The van der Waals surface area contributed by atoms with Crippen molar-refractivity contribution in [3.8, 4) is 0 Å². The Morgan fingerprint density at radius 2 is 1.04 bits per heavy atom. The van der Waals surface area contributed by atoms with E-state index in [-0.39, 0.29) is 5.56 Å². The number of benzene rings is 4. The molecule has 0 fully saturated rings. The van der Waals surface area contributed by atoms with Crippen LogP contribution in [0.15, 0.2) is 119 Å². The van der Waals surface area contributed by atoms with Crippen LogP contribution in [0.1, 0.15) is 26.3 Å². The van der Waals surface area contributed by atoms with Crippen LogP contribution in [0.4, 0.5) is 0 Å². The Morgan fingerprint density at radius 1 is 0.617 bits per heavy atom. The third kappa shape index (κ3) is 8.41. The van der Waals surface area contributed by atoms with Crippen LogP contribution in [0.3, 0.4) is 0 Å². The van der Waals surface area contributed by atoms with Gasteiger partial charge in [0.2, 0.25) is 15.4 Å². The normalized spacial score (nSPS) is 13.2. The van der Waals surface area contributed by atoms with E-state index in [1.807, 2.05) is 30.5 Å². The van der Waals surface area contributed by atoms with E-state index in [0.29, 0.717) is 10.5 Å². The van der Waals surface area contributed by atoms with E-state index in [0.717, 1.165) is 42.7 Å². The summed E-state index contributed by atoms with van der Waals surface area (Å²) in [6, 6.07) is 23.9. The summed E-state index contributed by atoms with van der Waals surface area (Å²) in [6.45, 7) is 2.74. The van der Waals surface area contributed by atoms with Crippen molar-refractivity contribution in [3.63, 3.8) is 0 Å². The Bertz CT molecular complexity index is 2010. The lowest BCUT2D eigenvalue weighted by atomic mass is 10.1. The lowest BCUT2D eigenvalue weighted by Gasteiger charge is -2.18. The number of carbonyl (C=O) groups is 2. The van der Waals surface area contributed by atoms with Crippen molar-refractivity contribution in [1.82, 2.24) is 0 Å². The smallest absolute Gasteiger partial charge is 0.327 e. The number of sulfone groups is 1. The van der Waals surface area contributed by atoms with Gasteiger partial charge in [0.1, 0.15) is 0 Å². The van der Waals surface area contributed by atoms with Gasteiger partial charge in [0, 0.05) is 58.0 Å². The molecule has 0 bridgehead atoms. The Kier molecular flexibility index (Phi) is 12.3. The molecule has 47 heavy (non-hydrogen) atoms. The minimum atomic E-state index is -4.65. The molecule has 15 heteroatoms. The zero-order valence-corrected chi connectivity index (χ0v) is 31.3. The molecule has 0 N–H and O–H groups in total. The minimum absolute atomic E-state index is 0.352. The van der Waals surface area contributed by atoms with Gasteiger partial charge in [-0.25, -0.2) is 8.42 Å². The van der Waals surface area contributed by atoms with E-state index in [9.17, 15) is 27.1 Å². The topological polar surface area (TPSA) is 130 Å². The molecule has 0 aliphatic heterocycles. The number of thioether (sulfide) groups is 1. The maximum absolute atomic E-state index is 14.2. The number of aryl methyl sites for hydroxylation is 1. The Morgan fingerprint density at radius 3 is 1.51 bits per heavy atom. The average Bonchev–Trinajstić information content (AvgIpc) is 3.08. The summed E-state index contributed by atoms with van der Waals surface area (Å²) < 4.78 is 69.2. The first-order valence-corrected chi connectivity index (χ1v) is 21.7. The highest BCUT2D eigenvalue weighted by Crippen LogP contribution is 2.52. The van der Waals surface area contributed by atoms with Crippen molar-refractivity contribution in [2.45, 2.75) is 41.2 Å². The molecular weight excluding hydrogens is 719 g/mol. The molecule has 4 aromatic carbocycles. The monoisotopic (exact) mass is 750 g/mol. The average molecular weight is 751 g/mol. The fourth-order valence-electron chi connectivity index (χ4n) is 4.32. The fourth-order valence-corrected chi connectivity index (χ4v) is 9.92. The summed E-state index contributed by atoms with van der Waals surface area (Å²) in [5.74, 6) is 0. The molecule has 4 aromatic rings. The van der Waals surface area contributed by atoms with Crippen LogP contribution >= 0.6 is 50.3 Å². The molecular formula is C32H32O9P2S4. The van der Waals surface area contributed by atoms with Crippen LogP contribution < -0.4 is 0 Å². The van der Waals surface area contributed by atoms with E-state index in [1.54, 1.807) is 30.4 Å². The standard InChI is InChI=1S/C32H32O9P2S4/c1-21-7-17-29(27(19-21)31(33)42(5,35)39-2)47(37,38)30-18-16-26(20-28(30)32(34)43(36,40-3)41-4)46-25-14-12-24(13-15-25)45-23-10-8-22(44-6)9-11-23/h7-20H,1-6H3. The predicted octanol–water partition coefficient (Wildman–Crippen LogP) is 9.17. The second-order valence-corrected chi connectivity index (χ2v) is 19.7. The zero-order valence-electron chi connectivity index (χ0n) is 26.3. The van der Waals surface area contributed by atoms with Crippen LogP contribution in [-0.4, -0.2) is 53.7 Å². The SMILES string of the molecule is COP(C)(=O)C(=O)c1cc(C)ccc1S(=O)(=O)c1ccc(Sc2ccc(Sc3ccc(SC)cc3)cc2)cc1C(=O)P(=O)(OC)OC. The van der Waals surface area contributed by atoms with Gasteiger partial charge in [-0.05, 0) is 92.0 Å². The molecule has 1 unspecified atom stereocenters. The van der Waals surface area contributed by atoms with Crippen molar-refractivity contribution in [1.29, 1.82) is 0 Å². The van der Waals surface area contributed by atoms with Crippen LogP contribution in [0.25, 0.3) is 0 Å². The minimum Gasteiger partial charge on any atom is -0.327 e. The molecule has 0 aliphatic carbocycles. The van der Waals surface area contributed by atoms with Gasteiger partial charge in [0.05, 0.1) is 15.4 Å². The van der Waals surface area contributed by atoms with Crippen molar-refractivity contribution < 1.29 is 40.7 Å². The van der Waals surface area contributed by atoms with Crippen molar-refractivity contribution in [3.05, 3.63) is 102 Å². The maximum atomic E-state index is 14.2. The third-order valence-electron chi connectivity index (χ3n) is 6.93. The molecule has 1 atom stereocenters. The molecule has 248 valence electrons.